The molecular weight excluding hydrogens is 296 g/mol. The first-order valence-corrected chi connectivity index (χ1v) is 6.76. The molecule has 0 spiro atoms. The number of carboxylic acids is 1. The van der Waals surface area contributed by atoms with Crippen LogP contribution in [0.1, 0.15) is 10.5 Å². The molecule has 0 saturated carbocycles. The molecule has 21 heavy (non-hydrogen) atoms. The van der Waals surface area contributed by atoms with E-state index in [0.29, 0.717) is 22.1 Å². The van der Waals surface area contributed by atoms with Gasteiger partial charge in [-0.05, 0) is 25.2 Å². The molecular formula is C14H13ClN2O4. The Morgan fingerprint density at radius 2 is 2.24 bits per heavy atom. The number of likely N-dealkylation sites (N-methyl/N-ethyl adjacent to an activating group) is 1. The molecule has 1 N–H and O–H groups in total. The van der Waals surface area contributed by atoms with E-state index in [9.17, 15) is 4.79 Å². The summed E-state index contributed by atoms with van der Waals surface area (Å²) in [7, 11) is 2.02. The number of carbonyl (C=O) groups is 1. The summed E-state index contributed by atoms with van der Waals surface area (Å²) >= 11 is 6.19. The smallest absolute Gasteiger partial charge is 0.358 e. The Labute approximate surface area is 125 Å². The Morgan fingerprint density at radius 3 is 2.81 bits per heavy atom. The van der Waals surface area contributed by atoms with E-state index in [1.54, 1.807) is 18.2 Å². The Kier molecular flexibility index (Phi) is 3.57. The average Bonchev–Trinajstić information content (AvgIpc) is 2.89. The molecule has 0 radical (unpaired) electrons. The molecule has 7 heteroatoms. The minimum Gasteiger partial charge on any atom is -0.486 e. The lowest BCUT2D eigenvalue weighted by Crippen LogP contribution is -2.51. The van der Waals surface area contributed by atoms with Crippen LogP contribution in [-0.2, 0) is 0 Å². The van der Waals surface area contributed by atoms with Crippen LogP contribution in [0.3, 0.4) is 0 Å². The number of hydrogen-bond acceptors (Lipinski definition) is 5. The van der Waals surface area contributed by atoms with Crippen LogP contribution < -0.4 is 4.74 Å². The lowest BCUT2D eigenvalue weighted by molar-refractivity contribution is 0.0389. The van der Waals surface area contributed by atoms with Crippen LogP contribution in [-0.4, -0.2) is 47.4 Å². The summed E-state index contributed by atoms with van der Waals surface area (Å²) in [6, 6.07) is 6.54. The molecule has 1 aromatic carbocycles. The van der Waals surface area contributed by atoms with Crippen LogP contribution in [0.4, 0.5) is 0 Å². The molecule has 1 saturated heterocycles. The largest absolute Gasteiger partial charge is 0.486 e. The van der Waals surface area contributed by atoms with Crippen molar-refractivity contribution in [1.29, 1.82) is 0 Å². The van der Waals surface area contributed by atoms with Gasteiger partial charge < -0.3 is 14.4 Å². The quantitative estimate of drug-likeness (QED) is 0.934. The first-order chi connectivity index (χ1) is 10.0. The van der Waals surface area contributed by atoms with Gasteiger partial charge in [-0.1, -0.05) is 16.8 Å². The molecule has 0 atom stereocenters. The first-order valence-electron chi connectivity index (χ1n) is 6.38. The van der Waals surface area contributed by atoms with Gasteiger partial charge >= 0.3 is 5.97 Å². The van der Waals surface area contributed by atoms with E-state index < -0.39 is 5.97 Å². The van der Waals surface area contributed by atoms with Gasteiger partial charge in [-0.15, -0.1) is 0 Å². The number of benzene rings is 1. The molecule has 110 valence electrons. The van der Waals surface area contributed by atoms with Crippen molar-refractivity contribution in [2.24, 2.45) is 0 Å². The van der Waals surface area contributed by atoms with E-state index in [1.165, 1.54) is 6.07 Å². The number of aromatic carboxylic acids is 1. The van der Waals surface area contributed by atoms with Crippen molar-refractivity contribution in [3.05, 3.63) is 35.0 Å². The number of halogens is 1. The Morgan fingerprint density at radius 1 is 1.48 bits per heavy atom. The van der Waals surface area contributed by atoms with Gasteiger partial charge in [0.15, 0.2) is 11.5 Å². The fourth-order valence-corrected chi connectivity index (χ4v) is 2.38. The highest BCUT2D eigenvalue weighted by Crippen LogP contribution is 2.32. The third-order valence-electron chi connectivity index (χ3n) is 3.27. The number of likely N-dealkylation sites (tertiary alicyclic amines) is 1. The minimum atomic E-state index is -1.13. The fraction of sp³-hybridized carbons (Fsp3) is 0.286. The van der Waals surface area contributed by atoms with Gasteiger partial charge in [-0.25, -0.2) is 4.79 Å². The third kappa shape index (κ3) is 2.86. The number of rotatable bonds is 4. The number of aromatic nitrogens is 1. The van der Waals surface area contributed by atoms with E-state index >= 15 is 0 Å². The molecule has 1 aliphatic heterocycles. The van der Waals surface area contributed by atoms with Crippen LogP contribution in [0, 0.1) is 0 Å². The molecule has 0 unspecified atom stereocenters. The second-order valence-corrected chi connectivity index (χ2v) is 5.40. The SMILES string of the molecule is CN1CC(Oc2ccc(-c3cc(C(=O)O)no3)cc2Cl)C1. The lowest BCUT2D eigenvalue weighted by Gasteiger charge is -2.36. The third-order valence-corrected chi connectivity index (χ3v) is 3.57. The van der Waals surface area contributed by atoms with E-state index in [4.69, 9.17) is 26.0 Å². The molecule has 2 aromatic rings. The van der Waals surface area contributed by atoms with Gasteiger partial charge in [0, 0.05) is 24.7 Å². The lowest BCUT2D eigenvalue weighted by atomic mass is 10.1. The number of ether oxygens (including phenoxy) is 1. The summed E-state index contributed by atoms with van der Waals surface area (Å²) in [6.45, 7) is 1.75. The zero-order valence-corrected chi connectivity index (χ0v) is 12.0. The molecule has 1 aliphatic rings. The zero-order chi connectivity index (χ0) is 15.0. The normalized spacial score (nSPS) is 15.7. The molecule has 3 rings (SSSR count). The molecule has 1 fully saturated rings. The Balaban J connectivity index is 1.78. The summed E-state index contributed by atoms with van der Waals surface area (Å²) in [6.07, 6.45) is 0.155. The maximum Gasteiger partial charge on any atom is 0.358 e. The van der Waals surface area contributed by atoms with Gasteiger partial charge in [0.05, 0.1) is 5.02 Å². The number of carboxylic acid groups (broad SMARTS) is 1. The van der Waals surface area contributed by atoms with Gasteiger partial charge in [0.2, 0.25) is 0 Å². The molecule has 1 aromatic heterocycles. The van der Waals surface area contributed by atoms with Crippen molar-refractivity contribution in [2.75, 3.05) is 20.1 Å². The second kappa shape index (κ2) is 5.38. The highest BCUT2D eigenvalue weighted by Gasteiger charge is 2.25. The molecule has 0 aliphatic carbocycles. The molecule has 6 nitrogen and oxygen atoms in total. The predicted octanol–water partition coefficient (Wildman–Crippen LogP) is 2.39. The van der Waals surface area contributed by atoms with Crippen LogP contribution in [0.15, 0.2) is 28.8 Å². The first kappa shape index (κ1) is 13.9. The van der Waals surface area contributed by atoms with Crippen molar-refractivity contribution in [1.82, 2.24) is 10.1 Å². The second-order valence-electron chi connectivity index (χ2n) is 4.99. The summed E-state index contributed by atoms with van der Waals surface area (Å²) in [5.74, 6) is -0.175. The topological polar surface area (TPSA) is 75.8 Å². The van der Waals surface area contributed by atoms with Crippen molar-refractivity contribution >= 4 is 17.6 Å². The highest BCUT2D eigenvalue weighted by atomic mass is 35.5. The monoisotopic (exact) mass is 308 g/mol. The van der Waals surface area contributed by atoms with Crippen molar-refractivity contribution < 1.29 is 19.2 Å². The van der Waals surface area contributed by atoms with E-state index in [-0.39, 0.29) is 11.8 Å². The van der Waals surface area contributed by atoms with Crippen LogP contribution in [0.2, 0.25) is 5.02 Å². The summed E-state index contributed by atoms with van der Waals surface area (Å²) in [5.41, 5.74) is 0.511. The summed E-state index contributed by atoms with van der Waals surface area (Å²) in [5, 5.41) is 12.7. The van der Waals surface area contributed by atoms with Gasteiger partial charge in [-0.2, -0.15) is 0 Å². The van der Waals surface area contributed by atoms with Crippen molar-refractivity contribution in [3.8, 4) is 17.1 Å². The van der Waals surface area contributed by atoms with E-state index in [0.717, 1.165) is 13.1 Å². The molecule has 0 bridgehead atoms. The zero-order valence-electron chi connectivity index (χ0n) is 11.2. The van der Waals surface area contributed by atoms with Gasteiger partial charge in [0.25, 0.3) is 0 Å². The predicted molar refractivity (Wildman–Crippen MR) is 75.8 cm³/mol. The van der Waals surface area contributed by atoms with Gasteiger partial charge in [-0.3, -0.25) is 4.90 Å². The summed E-state index contributed by atoms with van der Waals surface area (Å²) in [4.78, 5) is 12.9. The Bertz CT molecular complexity index is 679. The van der Waals surface area contributed by atoms with Gasteiger partial charge in [0.1, 0.15) is 11.9 Å². The van der Waals surface area contributed by atoms with Crippen LogP contribution in [0.25, 0.3) is 11.3 Å². The number of hydrogen-bond donors (Lipinski definition) is 1. The maximum absolute atomic E-state index is 10.8. The van der Waals surface area contributed by atoms with Crippen molar-refractivity contribution in [2.45, 2.75) is 6.10 Å². The minimum absolute atomic E-state index is 0.140. The van der Waals surface area contributed by atoms with E-state index in [2.05, 4.69) is 10.1 Å². The molecule has 0 amide bonds. The standard InChI is InChI=1S/C14H13ClN2O4/c1-17-6-9(7-17)20-12-3-2-8(4-10(12)15)13-5-11(14(18)19)16-21-13/h2-5,9H,6-7H2,1H3,(H,18,19). The Hall–Kier alpha value is -2.05. The fourth-order valence-electron chi connectivity index (χ4n) is 2.16. The highest BCUT2D eigenvalue weighted by molar-refractivity contribution is 6.32. The summed E-state index contributed by atoms with van der Waals surface area (Å²) < 4.78 is 10.8. The number of nitrogens with zero attached hydrogens (tertiary/aromatic N) is 2. The van der Waals surface area contributed by atoms with Crippen LogP contribution in [0.5, 0.6) is 5.75 Å². The maximum atomic E-state index is 10.8. The average molecular weight is 309 g/mol. The van der Waals surface area contributed by atoms with Crippen molar-refractivity contribution in [3.63, 3.8) is 0 Å². The van der Waals surface area contributed by atoms with Crippen LogP contribution >= 0.6 is 11.6 Å². The van der Waals surface area contributed by atoms with E-state index in [1.807, 2.05) is 7.05 Å². The molecule has 2 heterocycles.